The standard InChI is InChI=1S/C10H14FNO2/c1-5-3-7(11)4-8(9(5)13)10(14)6(2)12/h3-4,6,10,13-14H,12H2,1-2H3. The Bertz CT molecular complexity index is 339. The van der Waals surface area contributed by atoms with E-state index in [-0.39, 0.29) is 11.3 Å². The maximum absolute atomic E-state index is 13.0. The first-order valence-corrected chi connectivity index (χ1v) is 4.36. The summed E-state index contributed by atoms with van der Waals surface area (Å²) in [7, 11) is 0. The summed E-state index contributed by atoms with van der Waals surface area (Å²) in [6, 6.07) is 1.74. The molecule has 0 fully saturated rings. The Hall–Kier alpha value is -1.13. The lowest BCUT2D eigenvalue weighted by Crippen LogP contribution is -2.24. The molecule has 78 valence electrons. The molecule has 0 aromatic heterocycles. The first-order chi connectivity index (χ1) is 6.43. The van der Waals surface area contributed by atoms with E-state index < -0.39 is 18.0 Å². The fraction of sp³-hybridized carbons (Fsp3) is 0.400. The number of halogens is 1. The van der Waals surface area contributed by atoms with E-state index in [4.69, 9.17) is 5.73 Å². The van der Waals surface area contributed by atoms with Gasteiger partial charge in [-0.25, -0.2) is 4.39 Å². The lowest BCUT2D eigenvalue weighted by atomic mass is 10.0. The fourth-order valence-corrected chi connectivity index (χ4v) is 1.27. The monoisotopic (exact) mass is 199 g/mol. The molecule has 3 nitrogen and oxygen atoms in total. The number of aliphatic hydroxyl groups is 1. The molecule has 0 saturated carbocycles. The van der Waals surface area contributed by atoms with E-state index in [1.165, 1.54) is 6.07 Å². The zero-order chi connectivity index (χ0) is 10.9. The Kier molecular flexibility index (Phi) is 3.08. The van der Waals surface area contributed by atoms with Crippen LogP contribution in [0.1, 0.15) is 24.2 Å². The maximum Gasteiger partial charge on any atom is 0.124 e. The van der Waals surface area contributed by atoms with E-state index in [0.29, 0.717) is 5.56 Å². The van der Waals surface area contributed by atoms with Gasteiger partial charge >= 0.3 is 0 Å². The van der Waals surface area contributed by atoms with Gasteiger partial charge < -0.3 is 15.9 Å². The summed E-state index contributed by atoms with van der Waals surface area (Å²) < 4.78 is 13.0. The molecule has 14 heavy (non-hydrogen) atoms. The molecule has 1 aromatic rings. The minimum Gasteiger partial charge on any atom is -0.507 e. The van der Waals surface area contributed by atoms with Crippen LogP contribution in [0.25, 0.3) is 0 Å². The van der Waals surface area contributed by atoms with E-state index in [9.17, 15) is 14.6 Å². The van der Waals surface area contributed by atoms with Crippen molar-refractivity contribution < 1.29 is 14.6 Å². The van der Waals surface area contributed by atoms with E-state index >= 15 is 0 Å². The largest absolute Gasteiger partial charge is 0.507 e. The van der Waals surface area contributed by atoms with Crippen LogP contribution in [-0.2, 0) is 0 Å². The molecule has 1 rings (SSSR count). The van der Waals surface area contributed by atoms with Crippen LogP contribution in [0.3, 0.4) is 0 Å². The van der Waals surface area contributed by atoms with E-state index in [2.05, 4.69) is 0 Å². The summed E-state index contributed by atoms with van der Waals surface area (Å²) >= 11 is 0. The Labute approximate surface area is 82.0 Å². The number of hydrogen-bond acceptors (Lipinski definition) is 3. The third-order valence-corrected chi connectivity index (χ3v) is 2.11. The van der Waals surface area contributed by atoms with Crippen molar-refractivity contribution >= 4 is 0 Å². The van der Waals surface area contributed by atoms with Gasteiger partial charge in [-0.15, -0.1) is 0 Å². The second kappa shape index (κ2) is 3.94. The average Bonchev–Trinajstić information content (AvgIpc) is 2.09. The quantitative estimate of drug-likeness (QED) is 0.671. The molecule has 0 saturated heterocycles. The highest BCUT2D eigenvalue weighted by atomic mass is 19.1. The highest BCUT2D eigenvalue weighted by Crippen LogP contribution is 2.29. The number of aliphatic hydroxyl groups excluding tert-OH is 1. The molecule has 0 bridgehead atoms. The van der Waals surface area contributed by atoms with Crippen LogP contribution in [0.5, 0.6) is 5.75 Å². The number of aromatic hydroxyl groups is 1. The predicted molar refractivity (Wildman–Crippen MR) is 51.4 cm³/mol. The minimum atomic E-state index is -1.05. The normalized spacial score (nSPS) is 15.2. The Balaban J connectivity index is 3.20. The van der Waals surface area contributed by atoms with E-state index in [1.54, 1.807) is 13.8 Å². The van der Waals surface area contributed by atoms with Crippen LogP contribution in [0, 0.1) is 12.7 Å². The minimum absolute atomic E-state index is 0.101. The van der Waals surface area contributed by atoms with Crippen molar-refractivity contribution in [1.29, 1.82) is 0 Å². The van der Waals surface area contributed by atoms with Crippen LogP contribution in [0.15, 0.2) is 12.1 Å². The van der Waals surface area contributed by atoms with Crippen molar-refractivity contribution in [1.82, 2.24) is 0 Å². The third kappa shape index (κ3) is 2.02. The fourth-order valence-electron chi connectivity index (χ4n) is 1.27. The van der Waals surface area contributed by atoms with Crippen LogP contribution < -0.4 is 5.73 Å². The Morgan fingerprint density at radius 3 is 2.50 bits per heavy atom. The molecule has 0 radical (unpaired) electrons. The summed E-state index contributed by atoms with van der Waals surface area (Å²) in [5, 5.41) is 19.1. The van der Waals surface area contributed by atoms with Gasteiger partial charge in [-0.3, -0.25) is 0 Å². The highest BCUT2D eigenvalue weighted by Gasteiger charge is 2.18. The smallest absolute Gasteiger partial charge is 0.124 e. The van der Waals surface area contributed by atoms with Crippen molar-refractivity contribution in [2.24, 2.45) is 5.73 Å². The molecule has 4 N–H and O–H groups in total. The van der Waals surface area contributed by atoms with Gasteiger partial charge in [0, 0.05) is 11.6 Å². The summed E-state index contributed by atoms with van der Waals surface area (Å²) in [6.07, 6.45) is -1.05. The molecular weight excluding hydrogens is 185 g/mol. The molecule has 1 aromatic carbocycles. The molecule has 0 spiro atoms. The lowest BCUT2D eigenvalue weighted by Gasteiger charge is -2.17. The van der Waals surface area contributed by atoms with Crippen molar-refractivity contribution in [2.75, 3.05) is 0 Å². The van der Waals surface area contributed by atoms with Gasteiger partial charge in [0.2, 0.25) is 0 Å². The Morgan fingerprint density at radius 1 is 1.43 bits per heavy atom. The van der Waals surface area contributed by atoms with Crippen molar-refractivity contribution in [3.63, 3.8) is 0 Å². The highest BCUT2D eigenvalue weighted by molar-refractivity contribution is 5.41. The zero-order valence-corrected chi connectivity index (χ0v) is 8.16. The van der Waals surface area contributed by atoms with Gasteiger partial charge in [0.25, 0.3) is 0 Å². The number of nitrogens with two attached hydrogens (primary N) is 1. The number of benzene rings is 1. The van der Waals surface area contributed by atoms with Crippen molar-refractivity contribution in [2.45, 2.75) is 26.0 Å². The van der Waals surface area contributed by atoms with Gasteiger partial charge in [0.1, 0.15) is 11.6 Å². The topological polar surface area (TPSA) is 66.5 Å². The summed E-state index contributed by atoms with van der Waals surface area (Å²) in [5.74, 6) is -0.591. The Morgan fingerprint density at radius 2 is 2.00 bits per heavy atom. The molecule has 2 atom stereocenters. The lowest BCUT2D eigenvalue weighted by molar-refractivity contribution is 0.149. The van der Waals surface area contributed by atoms with Crippen LogP contribution in [-0.4, -0.2) is 16.3 Å². The van der Waals surface area contributed by atoms with Gasteiger partial charge in [-0.1, -0.05) is 0 Å². The van der Waals surface area contributed by atoms with Crippen molar-refractivity contribution in [3.05, 3.63) is 29.1 Å². The van der Waals surface area contributed by atoms with Gasteiger partial charge in [-0.05, 0) is 31.5 Å². The van der Waals surface area contributed by atoms with Crippen LogP contribution in [0.2, 0.25) is 0 Å². The maximum atomic E-state index is 13.0. The molecule has 0 heterocycles. The molecule has 0 aliphatic heterocycles. The molecule has 0 amide bonds. The molecule has 0 aliphatic carbocycles. The summed E-state index contributed by atoms with van der Waals surface area (Å²) in [5.41, 5.74) is 5.98. The average molecular weight is 199 g/mol. The second-order valence-electron chi connectivity index (χ2n) is 3.46. The third-order valence-electron chi connectivity index (χ3n) is 2.11. The first kappa shape index (κ1) is 10.9. The molecule has 4 heteroatoms. The predicted octanol–water partition coefficient (Wildman–Crippen LogP) is 1.22. The molecule has 2 unspecified atom stereocenters. The van der Waals surface area contributed by atoms with Crippen LogP contribution >= 0.6 is 0 Å². The number of phenols is 1. The first-order valence-electron chi connectivity index (χ1n) is 4.36. The number of phenolic OH excluding ortho intramolecular Hbond substituents is 1. The van der Waals surface area contributed by atoms with E-state index in [1.807, 2.05) is 0 Å². The van der Waals surface area contributed by atoms with Gasteiger partial charge in [0.15, 0.2) is 0 Å². The SMILES string of the molecule is Cc1cc(F)cc(C(O)C(C)N)c1O. The van der Waals surface area contributed by atoms with E-state index in [0.717, 1.165) is 6.07 Å². The number of hydrogen-bond donors (Lipinski definition) is 3. The van der Waals surface area contributed by atoms with Gasteiger partial charge in [0.05, 0.1) is 6.10 Å². The number of aryl methyl sites for hydroxylation is 1. The molecule has 0 aliphatic rings. The second-order valence-corrected chi connectivity index (χ2v) is 3.46. The van der Waals surface area contributed by atoms with Crippen LogP contribution in [0.4, 0.5) is 4.39 Å². The zero-order valence-electron chi connectivity index (χ0n) is 8.16. The summed E-state index contributed by atoms with van der Waals surface area (Å²) in [6.45, 7) is 3.15. The van der Waals surface area contributed by atoms with Crippen molar-refractivity contribution in [3.8, 4) is 5.75 Å². The molecular formula is C10H14FNO2. The van der Waals surface area contributed by atoms with Gasteiger partial charge in [-0.2, -0.15) is 0 Å². The summed E-state index contributed by atoms with van der Waals surface area (Å²) in [4.78, 5) is 0. The number of rotatable bonds is 2.